The molecular formula is C11H6Br2N2O2S. The van der Waals surface area contributed by atoms with Crippen LogP contribution in [0.1, 0.15) is 0 Å². The molecule has 0 unspecified atom stereocenters. The lowest BCUT2D eigenvalue weighted by Gasteiger charge is -2.02. The van der Waals surface area contributed by atoms with Crippen LogP contribution in [0.2, 0.25) is 0 Å². The van der Waals surface area contributed by atoms with Crippen molar-refractivity contribution in [2.45, 2.75) is 9.92 Å². The van der Waals surface area contributed by atoms with E-state index in [0.29, 0.717) is 9.50 Å². The molecule has 0 aliphatic rings. The number of benzene rings is 1. The van der Waals surface area contributed by atoms with Crippen LogP contribution >= 0.6 is 43.6 Å². The molecule has 18 heavy (non-hydrogen) atoms. The molecule has 7 heteroatoms. The number of aromatic nitrogens is 1. The van der Waals surface area contributed by atoms with Gasteiger partial charge in [0.25, 0.3) is 0 Å². The van der Waals surface area contributed by atoms with Gasteiger partial charge in [-0.3, -0.25) is 10.1 Å². The average molecular weight is 390 g/mol. The van der Waals surface area contributed by atoms with Crippen molar-refractivity contribution in [3.05, 3.63) is 55.6 Å². The van der Waals surface area contributed by atoms with Crippen molar-refractivity contribution in [3.63, 3.8) is 0 Å². The van der Waals surface area contributed by atoms with Gasteiger partial charge in [-0.25, -0.2) is 4.98 Å². The fraction of sp³-hybridized carbons (Fsp3) is 0. The minimum atomic E-state index is -0.432. The van der Waals surface area contributed by atoms with Crippen LogP contribution < -0.4 is 0 Å². The van der Waals surface area contributed by atoms with Gasteiger partial charge in [0.15, 0.2) is 5.03 Å². The fourth-order valence-electron chi connectivity index (χ4n) is 1.24. The first-order valence-electron chi connectivity index (χ1n) is 4.79. The van der Waals surface area contributed by atoms with Gasteiger partial charge in [0.05, 0.1) is 4.92 Å². The molecule has 0 aliphatic carbocycles. The van der Waals surface area contributed by atoms with Crippen LogP contribution in [0.4, 0.5) is 5.69 Å². The van der Waals surface area contributed by atoms with E-state index in [1.165, 1.54) is 17.8 Å². The third-order valence-corrected chi connectivity index (χ3v) is 4.00. The Morgan fingerprint density at radius 2 is 1.83 bits per heavy atom. The number of rotatable bonds is 3. The molecule has 0 saturated carbocycles. The molecule has 0 fully saturated rings. The Morgan fingerprint density at radius 3 is 2.44 bits per heavy atom. The summed E-state index contributed by atoms with van der Waals surface area (Å²) >= 11 is 7.78. The molecule has 2 rings (SSSR count). The SMILES string of the molecule is O=[N+]([O-])c1cc(Br)cnc1Sc1ccc(Br)cc1. The Labute approximate surface area is 124 Å². The molecule has 0 amide bonds. The van der Waals surface area contributed by atoms with Crippen molar-refractivity contribution in [3.8, 4) is 0 Å². The summed E-state index contributed by atoms with van der Waals surface area (Å²) in [4.78, 5) is 15.5. The maximum absolute atomic E-state index is 10.9. The first-order valence-corrected chi connectivity index (χ1v) is 7.20. The van der Waals surface area contributed by atoms with Crippen molar-refractivity contribution in [1.29, 1.82) is 0 Å². The van der Waals surface area contributed by atoms with E-state index in [4.69, 9.17) is 0 Å². The Hall–Kier alpha value is -0.920. The summed E-state index contributed by atoms with van der Waals surface area (Å²) in [6, 6.07) is 8.97. The number of nitro groups is 1. The molecule has 2 aromatic rings. The third kappa shape index (κ3) is 3.30. The van der Waals surface area contributed by atoms with Gasteiger partial charge in [0.1, 0.15) is 0 Å². The highest BCUT2D eigenvalue weighted by atomic mass is 79.9. The Balaban J connectivity index is 2.34. The van der Waals surface area contributed by atoms with E-state index in [1.807, 2.05) is 24.3 Å². The second kappa shape index (κ2) is 5.81. The van der Waals surface area contributed by atoms with Crippen LogP contribution in [0.25, 0.3) is 0 Å². The number of hydrogen-bond donors (Lipinski definition) is 0. The normalized spacial score (nSPS) is 10.3. The number of hydrogen-bond acceptors (Lipinski definition) is 4. The summed E-state index contributed by atoms with van der Waals surface area (Å²) in [6.45, 7) is 0. The predicted octanol–water partition coefficient (Wildman–Crippen LogP) is 4.67. The minimum absolute atomic E-state index is 0.00251. The van der Waals surface area contributed by atoms with Crippen LogP contribution in [0.5, 0.6) is 0 Å². The maximum atomic E-state index is 10.9. The lowest BCUT2D eigenvalue weighted by molar-refractivity contribution is -0.388. The first-order chi connectivity index (χ1) is 8.56. The molecule has 0 spiro atoms. The van der Waals surface area contributed by atoms with E-state index in [-0.39, 0.29) is 5.69 Å². The highest BCUT2D eigenvalue weighted by Crippen LogP contribution is 2.34. The van der Waals surface area contributed by atoms with Crippen LogP contribution in [0, 0.1) is 10.1 Å². The third-order valence-electron chi connectivity index (χ3n) is 2.02. The van der Waals surface area contributed by atoms with E-state index in [9.17, 15) is 10.1 Å². The summed E-state index contributed by atoms with van der Waals surface area (Å²) in [5.41, 5.74) is -0.00251. The molecule has 1 aromatic carbocycles. The number of nitrogens with zero attached hydrogens (tertiary/aromatic N) is 2. The topological polar surface area (TPSA) is 56.0 Å². The van der Waals surface area contributed by atoms with Crippen LogP contribution in [0.3, 0.4) is 0 Å². The van der Waals surface area contributed by atoms with Crippen molar-refractivity contribution in [2.75, 3.05) is 0 Å². The lowest BCUT2D eigenvalue weighted by Crippen LogP contribution is -1.93. The highest BCUT2D eigenvalue weighted by Gasteiger charge is 2.16. The van der Waals surface area contributed by atoms with Crippen molar-refractivity contribution in [2.24, 2.45) is 0 Å². The fourth-order valence-corrected chi connectivity index (χ4v) is 2.66. The predicted molar refractivity (Wildman–Crippen MR) is 76.9 cm³/mol. The van der Waals surface area contributed by atoms with Crippen molar-refractivity contribution < 1.29 is 4.92 Å². The summed E-state index contributed by atoms with van der Waals surface area (Å²) in [7, 11) is 0. The minimum Gasteiger partial charge on any atom is -0.258 e. The van der Waals surface area contributed by atoms with Gasteiger partial charge in [-0.05, 0) is 40.2 Å². The molecule has 0 radical (unpaired) electrons. The maximum Gasteiger partial charge on any atom is 0.302 e. The van der Waals surface area contributed by atoms with Gasteiger partial charge < -0.3 is 0 Å². The largest absolute Gasteiger partial charge is 0.302 e. The molecule has 0 bridgehead atoms. The molecular weight excluding hydrogens is 384 g/mol. The second-order valence-corrected chi connectivity index (χ2v) is 6.18. The van der Waals surface area contributed by atoms with Gasteiger partial charge in [0, 0.05) is 26.1 Å². The zero-order valence-electron chi connectivity index (χ0n) is 8.84. The van der Waals surface area contributed by atoms with E-state index < -0.39 is 4.92 Å². The smallest absolute Gasteiger partial charge is 0.258 e. The van der Waals surface area contributed by atoms with Crippen LogP contribution in [-0.4, -0.2) is 9.91 Å². The summed E-state index contributed by atoms with van der Waals surface area (Å²) in [5.74, 6) is 0. The second-order valence-electron chi connectivity index (χ2n) is 3.29. The summed E-state index contributed by atoms with van der Waals surface area (Å²) in [5, 5.41) is 11.3. The lowest BCUT2D eigenvalue weighted by atomic mass is 10.4. The van der Waals surface area contributed by atoms with E-state index in [2.05, 4.69) is 36.8 Å². The van der Waals surface area contributed by atoms with Gasteiger partial charge in [-0.15, -0.1) is 0 Å². The summed E-state index contributed by atoms with van der Waals surface area (Å²) in [6.07, 6.45) is 1.55. The first kappa shape index (κ1) is 13.5. The quantitative estimate of drug-likeness (QED) is 0.565. The van der Waals surface area contributed by atoms with Crippen molar-refractivity contribution >= 4 is 49.3 Å². The van der Waals surface area contributed by atoms with E-state index >= 15 is 0 Å². The zero-order chi connectivity index (χ0) is 13.1. The molecule has 1 heterocycles. The Kier molecular flexibility index (Phi) is 4.36. The van der Waals surface area contributed by atoms with Gasteiger partial charge in [-0.2, -0.15) is 0 Å². The Bertz CT molecular complexity index is 590. The van der Waals surface area contributed by atoms with Crippen LogP contribution in [0.15, 0.2) is 55.4 Å². The molecule has 0 aliphatic heterocycles. The van der Waals surface area contributed by atoms with Gasteiger partial charge in [-0.1, -0.05) is 27.7 Å². The summed E-state index contributed by atoms with van der Waals surface area (Å²) < 4.78 is 1.56. The monoisotopic (exact) mass is 388 g/mol. The number of halogens is 2. The van der Waals surface area contributed by atoms with Gasteiger partial charge in [0.2, 0.25) is 0 Å². The van der Waals surface area contributed by atoms with E-state index in [1.54, 1.807) is 6.20 Å². The Morgan fingerprint density at radius 1 is 1.17 bits per heavy atom. The molecule has 0 atom stereocenters. The molecule has 0 N–H and O–H groups in total. The molecule has 0 saturated heterocycles. The van der Waals surface area contributed by atoms with Gasteiger partial charge >= 0.3 is 5.69 Å². The molecule has 92 valence electrons. The zero-order valence-corrected chi connectivity index (χ0v) is 12.8. The molecule has 1 aromatic heterocycles. The van der Waals surface area contributed by atoms with Crippen LogP contribution in [-0.2, 0) is 0 Å². The van der Waals surface area contributed by atoms with E-state index in [0.717, 1.165) is 9.37 Å². The molecule has 4 nitrogen and oxygen atoms in total. The standard InChI is InChI=1S/C11H6Br2N2O2S/c12-7-1-3-9(4-2-7)18-11-10(15(16)17)5-8(13)6-14-11/h1-6H. The average Bonchev–Trinajstić information content (AvgIpc) is 2.34. The number of pyridine rings is 1. The van der Waals surface area contributed by atoms with Crippen molar-refractivity contribution in [1.82, 2.24) is 4.98 Å². The highest BCUT2D eigenvalue weighted by molar-refractivity contribution is 9.10.